The van der Waals surface area contributed by atoms with Gasteiger partial charge in [0, 0.05) is 17.4 Å². The van der Waals surface area contributed by atoms with Gasteiger partial charge in [-0.1, -0.05) is 49.7 Å². The highest BCUT2D eigenvalue weighted by molar-refractivity contribution is 7.15. The lowest BCUT2D eigenvalue weighted by molar-refractivity contribution is -0.119. The van der Waals surface area contributed by atoms with Gasteiger partial charge in [0.2, 0.25) is 11.0 Å². The highest BCUT2D eigenvalue weighted by Crippen LogP contribution is 2.35. The molecular formula is C23H28N4O3S. The van der Waals surface area contributed by atoms with Crippen molar-refractivity contribution >= 4 is 33.3 Å². The third kappa shape index (κ3) is 4.21. The minimum atomic E-state index is -0.686. The number of carbonyl (C=O) groups is 1. The molecule has 1 N–H and O–H groups in total. The molecule has 1 aromatic carbocycles. The average molecular weight is 441 g/mol. The van der Waals surface area contributed by atoms with E-state index in [1.807, 2.05) is 32.0 Å². The molecule has 164 valence electrons. The molecule has 1 atom stereocenters. The van der Waals surface area contributed by atoms with Crippen molar-refractivity contribution in [3.05, 3.63) is 45.2 Å². The largest absolute Gasteiger partial charge is 0.495 e. The minimum absolute atomic E-state index is 0.225. The first-order valence-electron chi connectivity index (χ1n) is 10.9. The van der Waals surface area contributed by atoms with Crippen LogP contribution < -0.4 is 15.6 Å². The number of rotatable bonds is 6. The average Bonchev–Trinajstić information content (AvgIpc) is 3.25. The number of amides is 1. The third-order valence-electron chi connectivity index (χ3n) is 6.09. The van der Waals surface area contributed by atoms with Crippen molar-refractivity contribution in [2.75, 3.05) is 12.4 Å². The summed E-state index contributed by atoms with van der Waals surface area (Å²) in [5, 5.41) is 13.8. The number of hydrogen-bond acceptors (Lipinski definition) is 6. The maximum absolute atomic E-state index is 13.2. The first kappa shape index (κ1) is 21.5. The van der Waals surface area contributed by atoms with Crippen LogP contribution in [0.3, 0.4) is 0 Å². The standard InChI is InChI=1S/C23H28N4O3S/c1-4-17(21(29)24-23-26-25-22(31-23)15-9-6-5-7-10-15)27-19(28)13-14(2)16-11-8-12-18(30-3)20(16)27/h8,11-13,15,17H,4-7,9-10H2,1-3H3,(H,24,26,29). The molecule has 0 spiro atoms. The Morgan fingerprint density at radius 1 is 1.29 bits per heavy atom. The van der Waals surface area contributed by atoms with Crippen LogP contribution in [-0.4, -0.2) is 27.8 Å². The maximum Gasteiger partial charge on any atom is 0.252 e. The van der Waals surface area contributed by atoms with Crippen LogP contribution in [0.4, 0.5) is 5.13 Å². The Kier molecular flexibility index (Phi) is 6.36. The summed E-state index contributed by atoms with van der Waals surface area (Å²) < 4.78 is 7.07. The first-order valence-corrected chi connectivity index (χ1v) is 11.7. The fourth-order valence-electron chi connectivity index (χ4n) is 4.48. The van der Waals surface area contributed by atoms with Crippen LogP contribution in [0.2, 0.25) is 0 Å². The van der Waals surface area contributed by atoms with Crippen LogP contribution in [0.25, 0.3) is 10.9 Å². The number of nitrogens with zero attached hydrogens (tertiary/aromatic N) is 3. The fourth-order valence-corrected chi connectivity index (χ4v) is 5.39. The van der Waals surface area contributed by atoms with Crippen molar-refractivity contribution in [1.82, 2.24) is 14.8 Å². The van der Waals surface area contributed by atoms with Crippen LogP contribution >= 0.6 is 11.3 Å². The van der Waals surface area contributed by atoms with Crippen molar-refractivity contribution in [1.29, 1.82) is 0 Å². The zero-order valence-electron chi connectivity index (χ0n) is 18.2. The molecule has 4 rings (SSSR count). The summed E-state index contributed by atoms with van der Waals surface area (Å²) in [7, 11) is 1.57. The Balaban J connectivity index is 1.66. The summed E-state index contributed by atoms with van der Waals surface area (Å²) in [5.41, 5.74) is 1.26. The molecule has 1 saturated carbocycles. The van der Waals surface area contributed by atoms with Gasteiger partial charge in [0.05, 0.1) is 12.6 Å². The second kappa shape index (κ2) is 9.18. The Bertz CT molecular complexity index is 1150. The van der Waals surface area contributed by atoms with Gasteiger partial charge in [-0.25, -0.2) is 0 Å². The number of hydrogen-bond donors (Lipinski definition) is 1. The number of nitrogens with one attached hydrogen (secondary N) is 1. The molecule has 2 heterocycles. The number of ether oxygens (including phenoxy) is 1. The first-order chi connectivity index (χ1) is 15.0. The van der Waals surface area contributed by atoms with E-state index in [1.165, 1.54) is 30.6 Å². The number of pyridine rings is 1. The highest BCUT2D eigenvalue weighted by atomic mass is 32.1. The summed E-state index contributed by atoms with van der Waals surface area (Å²) >= 11 is 1.44. The molecule has 0 bridgehead atoms. The predicted octanol–water partition coefficient (Wildman–Crippen LogP) is 4.81. The molecule has 0 aliphatic heterocycles. The van der Waals surface area contributed by atoms with Gasteiger partial charge >= 0.3 is 0 Å². The Morgan fingerprint density at radius 3 is 2.77 bits per heavy atom. The molecule has 1 unspecified atom stereocenters. The summed E-state index contributed by atoms with van der Waals surface area (Å²) in [5.74, 6) is 0.735. The molecule has 0 radical (unpaired) electrons. The molecule has 1 aliphatic rings. The van der Waals surface area contributed by atoms with Crippen molar-refractivity contribution in [3.8, 4) is 5.75 Å². The third-order valence-corrected chi connectivity index (χ3v) is 7.09. The van der Waals surface area contributed by atoms with Gasteiger partial charge in [0.25, 0.3) is 5.56 Å². The van der Waals surface area contributed by atoms with Gasteiger partial charge in [-0.05, 0) is 37.8 Å². The molecule has 1 amide bonds. The lowest BCUT2D eigenvalue weighted by atomic mass is 9.90. The minimum Gasteiger partial charge on any atom is -0.495 e. The van der Waals surface area contributed by atoms with E-state index >= 15 is 0 Å². The number of aromatic nitrogens is 3. The quantitative estimate of drug-likeness (QED) is 0.595. The normalized spacial score (nSPS) is 15.7. The van der Waals surface area contributed by atoms with Crippen molar-refractivity contribution in [3.63, 3.8) is 0 Å². The molecule has 1 fully saturated rings. The molecule has 7 nitrogen and oxygen atoms in total. The van der Waals surface area contributed by atoms with Crippen LogP contribution in [0, 0.1) is 6.92 Å². The number of para-hydroxylation sites is 1. The summed E-state index contributed by atoms with van der Waals surface area (Å²) in [6.45, 7) is 3.79. The van der Waals surface area contributed by atoms with E-state index in [9.17, 15) is 9.59 Å². The van der Waals surface area contributed by atoms with Crippen LogP contribution in [0.5, 0.6) is 5.75 Å². The maximum atomic E-state index is 13.2. The van der Waals surface area contributed by atoms with Crippen LogP contribution in [-0.2, 0) is 4.79 Å². The lowest BCUT2D eigenvalue weighted by Crippen LogP contribution is -2.33. The van der Waals surface area contributed by atoms with E-state index in [2.05, 4.69) is 15.5 Å². The Labute approximate surface area is 185 Å². The van der Waals surface area contributed by atoms with Gasteiger partial charge in [0.1, 0.15) is 16.8 Å². The van der Waals surface area contributed by atoms with Gasteiger partial charge in [-0.15, -0.1) is 10.2 Å². The second-order valence-corrected chi connectivity index (χ2v) is 9.09. The number of methoxy groups -OCH3 is 1. The van der Waals surface area contributed by atoms with Gasteiger partial charge in [-0.2, -0.15) is 0 Å². The van der Waals surface area contributed by atoms with Gasteiger partial charge in [0.15, 0.2) is 0 Å². The van der Waals surface area contributed by atoms with E-state index < -0.39 is 6.04 Å². The SMILES string of the molecule is CCC(C(=O)Nc1nnc(C2CCCCC2)s1)n1c(=O)cc(C)c2cccc(OC)c21. The van der Waals surface area contributed by atoms with Crippen molar-refractivity contribution in [2.24, 2.45) is 0 Å². The van der Waals surface area contributed by atoms with E-state index in [0.717, 1.165) is 28.8 Å². The number of aryl methyl sites for hydroxylation is 1. The summed E-state index contributed by atoms with van der Waals surface area (Å²) in [6, 6.07) is 6.52. The van der Waals surface area contributed by atoms with Crippen molar-refractivity contribution in [2.45, 2.75) is 64.3 Å². The predicted molar refractivity (Wildman–Crippen MR) is 123 cm³/mol. The van der Waals surface area contributed by atoms with Crippen molar-refractivity contribution < 1.29 is 9.53 Å². The topological polar surface area (TPSA) is 86.1 Å². The van der Waals surface area contributed by atoms with E-state index in [1.54, 1.807) is 17.7 Å². The van der Waals surface area contributed by atoms with Gasteiger partial charge in [-0.3, -0.25) is 19.5 Å². The Morgan fingerprint density at radius 2 is 2.06 bits per heavy atom. The van der Waals surface area contributed by atoms with E-state index in [4.69, 9.17) is 4.74 Å². The fraction of sp³-hybridized carbons (Fsp3) is 0.478. The second-order valence-electron chi connectivity index (χ2n) is 8.09. The molecule has 0 saturated heterocycles. The van der Waals surface area contributed by atoms with Crippen LogP contribution in [0.15, 0.2) is 29.1 Å². The monoisotopic (exact) mass is 440 g/mol. The molecule has 8 heteroatoms. The molecule has 1 aliphatic carbocycles. The van der Waals surface area contributed by atoms with Crippen LogP contribution in [0.1, 0.15) is 68.0 Å². The zero-order chi connectivity index (χ0) is 22.0. The number of benzene rings is 1. The summed E-state index contributed by atoms with van der Waals surface area (Å²) in [6.07, 6.45) is 6.43. The lowest BCUT2D eigenvalue weighted by Gasteiger charge is -2.21. The van der Waals surface area contributed by atoms with E-state index in [-0.39, 0.29) is 11.5 Å². The van der Waals surface area contributed by atoms with E-state index in [0.29, 0.717) is 28.7 Å². The number of anilines is 1. The number of fused-ring (bicyclic) bond motifs is 1. The molecule has 3 aromatic rings. The molecule has 31 heavy (non-hydrogen) atoms. The number of carbonyl (C=O) groups excluding carboxylic acids is 1. The summed E-state index contributed by atoms with van der Waals surface area (Å²) in [4.78, 5) is 26.2. The Hall–Kier alpha value is -2.74. The smallest absolute Gasteiger partial charge is 0.252 e. The van der Waals surface area contributed by atoms with Gasteiger partial charge < -0.3 is 4.74 Å². The molecule has 2 aromatic heterocycles. The highest BCUT2D eigenvalue weighted by Gasteiger charge is 2.26. The zero-order valence-corrected chi connectivity index (χ0v) is 19.0. The molecular weight excluding hydrogens is 412 g/mol.